The highest BCUT2D eigenvalue weighted by Gasteiger charge is 2.36. The molecule has 2 nitrogen and oxygen atoms in total. The average Bonchev–Trinajstić information content (AvgIpc) is 2.28. The average molecular weight is 820 g/mol. The van der Waals surface area contributed by atoms with Crippen LogP contribution in [0.4, 0.5) is 13.2 Å². The lowest BCUT2D eigenvalue weighted by Crippen LogP contribution is -2.25. The Hall–Kier alpha value is 2.13. The molecule has 1 aromatic carbocycles. The fourth-order valence-corrected chi connectivity index (χ4v) is 4.43. The number of carbonyl (C=O) groups is 1. The molecule has 10 heteroatoms. The molecule has 0 saturated carbocycles. The van der Waals surface area contributed by atoms with Gasteiger partial charge in [0.25, 0.3) is 0 Å². The van der Waals surface area contributed by atoms with Crippen LogP contribution in [-0.4, -0.2) is 7.65 Å². The standard InChI is InChI=1S/C8F3I5O2/c9-1-3(12)2(10)5(14)6(4(1)13)18-7(17)8(11,15)16. The molecular weight excluding hydrogens is 820 g/mol. The minimum atomic E-state index is -2.29. The van der Waals surface area contributed by atoms with Crippen molar-refractivity contribution < 1.29 is 22.7 Å². The Bertz CT molecular complexity index is 485. The summed E-state index contributed by atoms with van der Waals surface area (Å²) >= 11 is 7.12. The highest BCUT2D eigenvalue weighted by Crippen LogP contribution is 2.38. The zero-order chi connectivity index (χ0) is 14.2. The number of halogens is 8. The smallest absolute Gasteiger partial charge is 0.370 e. The maximum Gasteiger partial charge on any atom is 0.370 e. The number of rotatable bonds is 2. The van der Waals surface area contributed by atoms with E-state index in [0.717, 1.165) is 0 Å². The van der Waals surface area contributed by atoms with E-state index in [1.165, 1.54) is 67.8 Å². The van der Waals surface area contributed by atoms with Crippen molar-refractivity contribution in [2.45, 2.75) is 1.68 Å². The Kier molecular flexibility index (Phi) is 7.00. The van der Waals surface area contributed by atoms with Crippen molar-refractivity contribution in [3.05, 3.63) is 22.3 Å². The normalized spacial score (nSPS) is 11.6. The van der Waals surface area contributed by atoms with Crippen LogP contribution >= 0.6 is 113 Å². The van der Waals surface area contributed by atoms with Crippen LogP contribution in [0.25, 0.3) is 0 Å². The van der Waals surface area contributed by atoms with E-state index in [-0.39, 0.29) is 16.5 Å². The minimum Gasteiger partial charge on any atom is -0.420 e. The van der Waals surface area contributed by atoms with Crippen LogP contribution in [0.1, 0.15) is 0 Å². The van der Waals surface area contributed by atoms with Gasteiger partial charge in [-0.3, -0.25) is 0 Å². The van der Waals surface area contributed by atoms with E-state index in [1.807, 2.05) is 0 Å². The first-order valence-electron chi connectivity index (χ1n) is 3.87. The molecule has 100 valence electrons. The summed E-state index contributed by atoms with van der Waals surface area (Å²) in [6.45, 7) is 0. The Morgan fingerprint density at radius 1 is 1.00 bits per heavy atom. The number of hydrogen-bond acceptors (Lipinski definition) is 2. The van der Waals surface area contributed by atoms with Crippen LogP contribution in [-0.2, 0) is 4.79 Å². The van der Waals surface area contributed by atoms with Crippen LogP contribution in [0.15, 0.2) is 0 Å². The summed E-state index contributed by atoms with van der Waals surface area (Å²) in [6, 6.07) is 0. The molecule has 0 amide bonds. The number of hydrogen-bond donors (Lipinski definition) is 0. The van der Waals surface area contributed by atoms with Crippen LogP contribution in [0.5, 0.6) is 5.75 Å². The third kappa shape index (κ3) is 4.08. The van der Waals surface area contributed by atoms with Crippen LogP contribution < -0.4 is 4.74 Å². The van der Waals surface area contributed by atoms with Crippen molar-refractivity contribution in [3.63, 3.8) is 0 Å². The van der Waals surface area contributed by atoms with E-state index in [0.29, 0.717) is 0 Å². The summed E-state index contributed by atoms with van der Waals surface area (Å²) in [5.74, 6) is -3.18. The molecule has 0 aliphatic rings. The topological polar surface area (TPSA) is 26.3 Å². The molecular formula is C8F3I5O2. The van der Waals surface area contributed by atoms with Crippen molar-refractivity contribution >= 4 is 119 Å². The third-order valence-corrected chi connectivity index (χ3v) is 5.35. The molecule has 0 unspecified atom stereocenters. The van der Waals surface area contributed by atoms with Crippen molar-refractivity contribution in [2.75, 3.05) is 0 Å². The van der Waals surface area contributed by atoms with Gasteiger partial charge in [-0.15, -0.1) is 0 Å². The van der Waals surface area contributed by atoms with Crippen molar-refractivity contribution in [3.8, 4) is 5.75 Å². The zero-order valence-electron chi connectivity index (χ0n) is 7.84. The van der Waals surface area contributed by atoms with E-state index >= 15 is 0 Å². The molecule has 0 aliphatic carbocycles. The van der Waals surface area contributed by atoms with Crippen molar-refractivity contribution in [1.82, 2.24) is 0 Å². The van der Waals surface area contributed by atoms with E-state index in [1.54, 1.807) is 45.2 Å². The molecule has 0 fully saturated rings. The van der Waals surface area contributed by atoms with E-state index in [9.17, 15) is 18.0 Å². The number of alkyl halides is 3. The first kappa shape index (κ1) is 18.2. The van der Waals surface area contributed by atoms with Gasteiger partial charge in [-0.25, -0.2) is 18.0 Å². The summed E-state index contributed by atoms with van der Waals surface area (Å²) in [6.07, 6.45) is 0. The van der Waals surface area contributed by atoms with E-state index in [2.05, 4.69) is 0 Å². The Balaban J connectivity index is 3.31. The second kappa shape index (κ2) is 6.93. The number of ether oxygens (including phenoxy) is 1. The van der Waals surface area contributed by atoms with Gasteiger partial charge in [0.1, 0.15) is 0 Å². The largest absolute Gasteiger partial charge is 0.420 e. The zero-order valence-corrected chi connectivity index (χ0v) is 18.6. The molecule has 0 N–H and O–H groups in total. The summed E-state index contributed by atoms with van der Waals surface area (Å²) in [4.78, 5) is 11.4. The van der Waals surface area contributed by atoms with Gasteiger partial charge in [0, 0.05) is 0 Å². The van der Waals surface area contributed by atoms with Crippen LogP contribution in [0, 0.1) is 22.3 Å². The molecule has 0 aliphatic heterocycles. The molecule has 0 radical (unpaired) electrons. The Morgan fingerprint density at radius 3 is 1.72 bits per heavy atom. The summed E-state index contributed by atoms with van der Waals surface area (Å²) in [5, 5.41) is 0. The van der Waals surface area contributed by atoms with Gasteiger partial charge in [0.05, 0.1) is 10.7 Å². The molecule has 1 aromatic rings. The highest BCUT2D eigenvalue weighted by molar-refractivity contribution is 14.2. The maximum atomic E-state index is 13.6. The van der Waals surface area contributed by atoms with Crippen molar-refractivity contribution in [1.29, 1.82) is 0 Å². The van der Waals surface area contributed by atoms with Crippen LogP contribution in [0.2, 0.25) is 0 Å². The van der Waals surface area contributed by atoms with Gasteiger partial charge in [-0.1, -0.05) is 0 Å². The maximum absolute atomic E-state index is 13.6. The first-order valence-corrected chi connectivity index (χ1v) is 9.27. The fraction of sp³-hybridized carbons (Fsp3) is 0.125. The van der Waals surface area contributed by atoms with Gasteiger partial charge in [0.2, 0.25) is 0 Å². The number of carbonyl (C=O) groups excluding carboxylic acids is 1. The van der Waals surface area contributed by atoms with E-state index < -0.39 is 19.3 Å². The van der Waals surface area contributed by atoms with Crippen molar-refractivity contribution in [2.24, 2.45) is 0 Å². The van der Waals surface area contributed by atoms with Gasteiger partial charge < -0.3 is 4.74 Å². The van der Waals surface area contributed by atoms with E-state index in [4.69, 9.17) is 4.74 Å². The lowest BCUT2D eigenvalue weighted by Gasteiger charge is -2.14. The van der Waals surface area contributed by atoms with Gasteiger partial charge in [0.15, 0.2) is 17.4 Å². The first-order chi connectivity index (χ1) is 8.07. The van der Waals surface area contributed by atoms with Crippen LogP contribution in [0.3, 0.4) is 0 Å². The SMILES string of the molecule is O=C(Oc1c(I)c(F)c(I)c(F)c1I)C(F)(I)I. The summed E-state index contributed by atoms with van der Waals surface area (Å²) in [5.41, 5.74) is 0. The summed E-state index contributed by atoms with van der Waals surface area (Å²) < 4.78 is 42.7. The van der Waals surface area contributed by atoms with Gasteiger partial charge >= 0.3 is 7.65 Å². The quantitative estimate of drug-likeness (QED) is 0.103. The molecule has 18 heavy (non-hydrogen) atoms. The molecule has 0 spiro atoms. The molecule has 0 heterocycles. The monoisotopic (exact) mass is 820 g/mol. The predicted octanol–water partition coefficient (Wildman–Crippen LogP) is 5.18. The third-order valence-electron chi connectivity index (χ3n) is 1.60. The lowest BCUT2D eigenvalue weighted by atomic mass is 10.3. The van der Waals surface area contributed by atoms with Gasteiger partial charge in [-0.05, 0) is 113 Å². The molecule has 1 rings (SSSR count). The fourth-order valence-electron chi connectivity index (χ4n) is 0.825. The second-order valence-corrected chi connectivity index (χ2v) is 11.1. The summed E-state index contributed by atoms with van der Waals surface area (Å²) in [7, 11) is 0. The van der Waals surface area contributed by atoms with Gasteiger partial charge in [-0.2, -0.15) is 0 Å². The Morgan fingerprint density at radius 2 is 1.39 bits per heavy atom. The second-order valence-electron chi connectivity index (χ2n) is 2.79. The minimum absolute atomic E-state index is 0.0619. The highest BCUT2D eigenvalue weighted by atomic mass is 127. The number of esters is 1. The molecule has 0 aromatic heterocycles. The lowest BCUT2D eigenvalue weighted by molar-refractivity contribution is -0.136. The Labute approximate surface area is 168 Å². The molecule has 0 atom stereocenters. The molecule has 0 saturated heterocycles. The molecule has 0 bridgehead atoms. The number of benzene rings is 1. The predicted molar refractivity (Wildman–Crippen MR) is 102 cm³/mol.